The lowest BCUT2D eigenvalue weighted by molar-refractivity contribution is 0.102. The summed E-state index contributed by atoms with van der Waals surface area (Å²) in [6.45, 7) is 10.2. The molecule has 1 aliphatic heterocycles. The van der Waals surface area contributed by atoms with E-state index in [4.69, 9.17) is 9.47 Å². The van der Waals surface area contributed by atoms with Crippen LogP contribution in [0.4, 0.5) is 16.2 Å². The summed E-state index contributed by atoms with van der Waals surface area (Å²) in [6.07, 6.45) is 3.89. The van der Waals surface area contributed by atoms with E-state index in [9.17, 15) is 18.0 Å². The lowest BCUT2D eigenvalue weighted by Crippen LogP contribution is -2.37. The van der Waals surface area contributed by atoms with Gasteiger partial charge in [-0.25, -0.2) is 17.9 Å². The van der Waals surface area contributed by atoms with Crippen molar-refractivity contribution in [2.75, 3.05) is 43.0 Å². The first-order valence-electron chi connectivity index (χ1n) is 13.9. The van der Waals surface area contributed by atoms with Crippen LogP contribution in [-0.2, 0) is 15.4 Å². The topological polar surface area (TPSA) is 166 Å². The molecule has 0 unspecified atom stereocenters. The number of piperidine rings is 1. The Morgan fingerprint density at radius 3 is 2.47 bits per heavy atom. The minimum absolute atomic E-state index is 0.0201. The van der Waals surface area contributed by atoms with E-state index in [1.165, 1.54) is 18.0 Å². The summed E-state index contributed by atoms with van der Waals surface area (Å²) in [5.41, 5.74) is 2.62. The number of nitrogens with one attached hydrogen (secondary N) is 4. The zero-order chi connectivity index (χ0) is 31.4. The average molecular weight is 614 g/mol. The van der Waals surface area contributed by atoms with Gasteiger partial charge in [-0.1, -0.05) is 37.1 Å². The van der Waals surface area contributed by atoms with E-state index >= 15 is 0 Å². The fraction of sp³-hybridized carbons (Fsp3) is 0.448. The number of hydrogen-bond donors (Lipinski definition) is 4. The number of sulfonamides is 1. The van der Waals surface area contributed by atoms with Gasteiger partial charge in [0.05, 0.1) is 36.6 Å². The van der Waals surface area contributed by atoms with E-state index in [1.807, 2.05) is 27.7 Å². The van der Waals surface area contributed by atoms with Crippen molar-refractivity contribution >= 4 is 33.4 Å². The number of aryl methyl sites for hydroxylation is 1. The van der Waals surface area contributed by atoms with Crippen LogP contribution < -0.4 is 30.1 Å². The highest BCUT2D eigenvalue weighted by atomic mass is 32.2. The van der Waals surface area contributed by atoms with Gasteiger partial charge in [-0.2, -0.15) is 0 Å². The molecule has 2 amide bonds. The van der Waals surface area contributed by atoms with Crippen LogP contribution in [0.1, 0.15) is 55.1 Å². The predicted molar refractivity (Wildman–Crippen MR) is 164 cm³/mol. The minimum atomic E-state index is -3.62. The molecular formula is C29H39N7O6S. The molecule has 1 aliphatic rings. The Kier molecular flexibility index (Phi) is 9.60. The Morgan fingerprint density at radius 1 is 1.12 bits per heavy atom. The van der Waals surface area contributed by atoms with Crippen LogP contribution >= 0.6 is 0 Å². The number of anilines is 2. The molecule has 232 valence electrons. The maximum absolute atomic E-state index is 13.5. The van der Waals surface area contributed by atoms with Gasteiger partial charge in [-0.3, -0.25) is 9.52 Å². The molecule has 2 aromatic carbocycles. The molecule has 43 heavy (non-hydrogen) atoms. The van der Waals surface area contributed by atoms with E-state index in [0.29, 0.717) is 29.4 Å². The van der Waals surface area contributed by atoms with Gasteiger partial charge in [0, 0.05) is 12.1 Å². The Bertz CT molecular complexity index is 1590. The van der Waals surface area contributed by atoms with E-state index in [2.05, 4.69) is 31.0 Å². The normalized spacial score (nSPS) is 14.2. The van der Waals surface area contributed by atoms with Crippen molar-refractivity contribution in [3.8, 4) is 17.3 Å². The fourth-order valence-corrected chi connectivity index (χ4v) is 5.25. The number of hydrogen-bond acceptors (Lipinski definition) is 9. The Morgan fingerprint density at radius 2 is 1.81 bits per heavy atom. The third-order valence-corrected chi connectivity index (χ3v) is 7.67. The molecule has 3 aromatic rings. The molecule has 0 atom stereocenters. The van der Waals surface area contributed by atoms with Crippen molar-refractivity contribution in [2.45, 2.75) is 46.0 Å². The van der Waals surface area contributed by atoms with Gasteiger partial charge in [-0.15, -0.1) is 0 Å². The maximum Gasteiger partial charge on any atom is 0.414 e. The molecule has 4 rings (SSSR count). The van der Waals surface area contributed by atoms with Gasteiger partial charge in [0.15, 0.2) is 5.75 Å². The second-order valence-electron chi connectivity index (χ2n) is 11.6. The summed E-state index contributed by atoms with van der Waals surface area (Å²) in [7, 11) is -2.22. The molecule has 2 heterocycles. The second kappa shape index (κ2) is 13.0. The number of benzene rings is 2. The highest BCUT2D eigenvalue weighted by molar-refractivity contribution is 7.92. The summed E-state index contributed by atoms with van der Waals surface area (Å²) in [5, 5.41) is 17.0. The number of aromatic nitrogens is 3. The lowest BCUT2D eigenvalue weighted by Gasteiger charge is -2.24. The van der Waals surface area contributed by atoms with Gasteiger partial charge < -0.3 is 25.4 Å². The Balaban J connectivity index is 1.53. The maximum atomic E-state index is 13.5. The molecule has 0 aliphatic carbocycles. The minimum Gasteiger partial charge on any atom is -0.492 e. The second-order valence-corrected chi connectivity index (χ2v) is 13.4. The van der Waals surface area contributed by atoms with Gasteiger partial charge >= 0.3 is 6.09 Å². The number of nitrogens with zero attached hydrogens (tertiary/aromatic N) is 3. The smallest absolute Gasteiger partial charge is 0.414 e. The van der Waals surface area contributed by atoms with E-state index in [-0.39, 0.29) is 22.7 Å². The van der Waals surface area contributed by atoms with E-state index in [0.717, 1.165) is 43.3 Å². The van der Waals surface area contributed by atoms with Crippen LogP contribution in [0, 0.1) is 12.8 Å². The summed E-state index contributed by atoms with van der Waals surface area (Å²) in [5.74, 6) is 0.145. The number of carbonyl (C=O) groups excluding carboxylic acids is 2. The molecule has 0 radical (unpaired) electrons. The van der Waals surface area contributed by atoms with Gasteiger partial charge in [0.2, 0.25) is 10.0 Å². The highest BCUT2D eigenvalue weighted by Gasteiger charge is 2.23. The molecule has 0 bridgehead atoms. The predicted octanol–water partition coefficient (Wildman–Crippen LogP) is 3.59. The van der Waals surface area contributed by atoms with Gasteiger partial charge in [-0.05, 0) is 79.6 Å². The molecule has 1 saturated heterocycles. The SMILES string of the molecule is COc1c(NC(=O)c2ccc(C)c(-n3cc(OC(=O)NCC4CCNCC4)nn3)c2)cc(C(C)(C)C)cc1NS(C)(=O)=O. The van der Waals surface area contributed by atoms with Crippen LogP contribution in [0.15, 0.2) is 36.5 Å². The third-order valence-electron chi connectivity index (χ3n) is 7.08. The molecule has 1 aromatic heterocycles. The molecule has 14 heteroatoms. The monoisotopic (exact) mass is 613 g/mol. The average Bonchev–Trinajstić information content (AvgIpc) is 3.39. The number of ether oxygens (including phenoxy) is 2. The van der Waals surface area contributed by atoms with Crippen LogP contribution in [0.25, 0.3) is 5.69 Å². The first kappa shape index (κ1) is 31.8. The number of methoxy groups -OCH3 is 1. The van der Waals surface area contributed by atoms with E-state index < -0.39 is 22.0 Å². The largest absolute Gasteiger partial charge is 0.492 e. The lowest BCUT2D eigenvalue weighted by atomic mass is 9.86. The third kappa shape index (κ3) is 8.45. The zero-order valence-corrected chi connectivity index (χ0v) is 26.1. The summed E-state index contributed by atoms with van der Waals surface area (Å²) in [4.78, 5) is 25.8. The van der Waals surface area contributed by atoms with Crippen molar-refractivity contribution in [2.24, 2.45) is 5.92 Å². The first-order chi connectivity index (χ1) is 20.2. The van der Waals surface area contributed by atoms with Crippen molar-refractivity contribution in [3.63, 3.8) is 0 Å². The van der Waals surface area contributed by atoms with Crippen LogP contribution in [0.3, 0.4) is 0 Å². The Labute approximate surface area is 251 Å². The summed E-state index contributed by atoms with van der Waals surface area (Å²) >= 11 is 0. The summed E-state index contributed by atoms with van der Waals surface area (Å²) in [6, 6.07) is 8.51. The molecule has 0 spiro atoms. The molecule has 13 nitrogen and oxygen atoms in total. The van der Waals surface area contributed by atoms with Crippen molar-refractivity contribution < 1.29 is 27.5 Å². The molecular weight excluding hydrogens is 574 g/mol. The van der Waals surface area contributed by atoms with Gasteiger partial charge in [0.1, 0.15) is 0 Å². The van der Waals surface area contributed by atoms with Gasteiger partial charge in [0.25, 0.3) is 11.8 Å². The van der Waals surface area contributed by atoms with Crippen molar-refractivity contribution in [1.29, 1.82) is 0 Å². The summed E-state index contributed by atoms with van der Waals surface area (Å²) < 4.78 is 38.8. The highest BCUT2D eigenvalue weighted by Crippen LogP contribution is 2.39. The zero-order valence-electron chi connectivity index (χ0n) is 25.3. The Hall–Kier alpha value is -4.17. The van der Waals surface area contributed by atoms with Crippen LogP contribution in [0.2, 0.25) is 0 Å². The first-order valence-corrected chi connectivity index (χ1v) is 15.8. The van der Waals surface area contributed by atoms with Crippen molar-refractivity contribution in [1.82, 2.24) is 25.6 Å². The standard InChI is InChI=1S/C29H39N7O6S/c1-18-7-8-20(13-24(18)36-17-25(33-35-36)42-28(38)31-16-19-9-11-30-12-10-19)27(37)32-22-14-21(29(2,3)4)15-23(26(22)41-5)34-43(6,39)40/h7-8,13-15,17,19,30,34H,9-12,16H2,1-6H3,(H,31,38)(H,32,37). The molecule has 4 N–H and O–H groups in total. The fourth-order valence-electron chi connectivity index (χ4n) is 4.70. The van der Waals surface area contributed by atoms with E-state index in [1.54, 1.807) is 30.3 Å². The van der Waals surface area contributed by atoms with Crippen LogP contribution in [-0.4, -0.2) is 68.4 Å². The number of rotatable bonds is 9. The quantitative estimate of drug-likeness (QED) is 0.282. The number of amides is 2. The number of carbonyl (C=O) groups is 2. The van der Waals surface area contributed by atoms with Crippen molar-refractivity contribution in [3.05, 3.63) is 53.2 Å². The molecule has 1 fully saturated rings. The van der Waals surface area contributed by atoms with Crippen LogP contribution in [0.5, 0.6) is 11.6 Å². The molecule has 0 saturated carbocycles.